The normalized spacial score (nSPS) is 11.4. The first-order valence-corrected chi connectivity index (χ1v) is 6.38. The molecule has 0 saturated heterocycles. The van der Waals surface area contributed by atoms with Crippen LogP contribution in [0.5, 0.6) is 5.88 Å². The molecule has 19 heavy (non-hydrogen) atoms. The van der Waals surface area contributed by atoms with Crippen molar-refractivity contribution in [3.05, 3.63) is 47.0 Å². The van der Waals surface area contributed by atoms with Gasteiger partial charge in [-0.05, 0) is 18.2 Å². The summed E-state index contributed by atoms with van der Waals surface area (Å²) in [5.41, 5.74) is 0.236. The molecule has 0 spiro atoms. The van der Waals surface area contributed by atoms with Gasteiger partial charge in [-0.1, -0.05) is 46.4 Å². The molecule has 0 aliphatic rings. The summed E-state index contributed by atoms with van der Waals surface area (Å²) in [5.74, 6) is -0.789. The van der Waals surface area contributed by atoms with Crippen molar-refractivity contribution in [3.8, 4) is 5.88 Å². The minimum absolute atomic E-state index is 0.0252. The van der Waals surface area contributed by atoms with E-state index in [1.165, 1.54) is 24.5 Å². The molecule has 0 unspecified atom stereocenters. The van der Waals surface area contributed by atoms with Crippen LogP contribution >= 0.6 is 46.4 Å². The molecule has 2 aromatic heterocycles. The van der Waals surface area contributed by atoms with Crippen molar-refractivity contribution >= 4 is 52.4 Å². The molecule has 2 rings (SSSR count). The highest BCUT2D eigenvalue weighted by atomic mass is 35.6. The fraction of sp³-hybridized carbons (Fsp3) is 0.0909. The highest BCUT2D eigenvalue weighted by Gasteiger charge is 2.25. The smallest absolute Gasteiger partial charge is 0.380 e. The third-order valence-electron chi connectivity index (χ3n) is 2.02. The molecule has 0 radical (unpaired) electrons. The van der Waals surface area contributed by atoms with Crippen LogP contribution in [0, 0.1) is 0 Å². The van der Waals surface area contributed by atoms with Gasteiger partial charge in [0.25, 0.3) is 0 Å². The lowest BCUT2D eigenvalue weighted by Crippen LogP contribution is -2.10. The molecule has 2 heterocycles. The maximum absolute atomic E-state index is 11.6. The van der Waals surface area contributed by atoms with Crippen LogP contribution in [0.1, 0.15) is 16.1 Å². The quantitative estimate of drug-likeness (QED) is 0.462. The summed E-state index contributed by atoms with van der Waals surface area (Å²) in [7, 11) is 0. The van der Waals surface area contributed by atoms with E-state index in [1.807, 2.05) is 0 Å². The van der Waals surface area contributed by atoms with Crippen LogP contribution in [0.25, 0.3) is 0 Å². The molecule has 0 aliphatic heterocycles. The van der Waals surface area contributed by atoms with E-state index in [0.717, 1.165) is 0 Å². The standard InChI is InChI=1S/C11H5Cl4NO3/c12-8-4-6(11(13,14)15)5-9(16-8)19-10(17)7-2-1-3-18-7/h1-5H. The molecule has 0 fully saturated rings. The number of carbonyl (C=O) groups excluding carboxylic acids is 1. The molecular weight excluding hydrogens is 336 g/mol. The van der Waals surface area contributed by atoms with Crippen LogP contribution in [0.4, 0.5) is 0 Å². The number of rotatable bonds is 2. The zero-order chi connectivity index (χ0) is 14.0. The Bertz CT molecular complexity index is 592. The number of furan rings is 1. The fourth-order valence-electron chi connectivity index (χ4n) is 1.23. The van der Waals surface area contributed by atoms with Crippen LogP contribution in [-0.4, -0.2) is 11.0 Å². The van der Waals surface area contributed by atoms with Crippen molar-refractivity contribution in [3.63, 3.8) is 0 Å². The molecule has 100 valence electrons. The predicted molar refractivity (Wildman–Crippen MR) is 72.2 cm³/mol. The van der Waals surface area contributed by atoms with Crippen molar-refractivity contribution in [2.24, 2.45) is 0 Å². The van der Waals surface area contributed by atoms with Crippen molar-refractivity contribution in [1.82, 2.24) is 4.98 Å². The molecule has 0 atom stereocenters. The zero-order valence-corrected chi connectivity index (χ0v) is 12.1. The van der Waals surface area contributed by atoms with Crippen LogP contribution < -0.4 is 4.74 Å². The van der Waals surface area contributed by atoms with E-state index in [0.29, 0.717) is 0 Å². The van der Waals surface area contributed by atoms with E-state index < -0.39 is 9.76 Å². The second-order valence-corrected chi connectivity index (χ2v) is 6.05. The Morgan fingerprint density at radius 2 is 2.05 bits per heavy atom. The number of alkyl halides is 3. The van der Waals surface area contributed by atoms with Crippen LogP contribution in [0.2, 0.25) is 5.15 Å². The lowest BCUT2D eigenvalue weighted by atomic mass is 10.3. The van der Waals surface area contributed by atoms with Crippen molar-refractivity contribution in [2.45, 2.75) is 3.79 Å². The van der Waals surface area contributed by atoms with Gasteiger partial charge in [0.1, 0.15) is 5.15 Å². The average molecular weight is 341 g/mol. The van der Waals surface area contributed by atoms with Gasteiger partial charge in [-0.15, -0.1) is 0 Å². The van der Waals surface area contributed by atoms with Crippen molar-refractivity contribution < 1.29 is 13.9 Å². The number of hydrogen-bond donors (Lipinski definition) is 0. The zero-order valence-electron chi connectivity index (χ0n) is 9.07. The SMILES string of the molecule is O=C(Oc1cc(C(Cl)(Cl)Cl)cc(Cl)n1)c1ccco1. The summed E-state index contributed by atoms with van der Waals surface area (Å²) in [6.45, 7) is 0. The molecule has 0 N–H and O–H groups in total. The molecule has 0 amide bonds. The van der Waals surface area contributed by atoms with Crippen LogP contribution in [-0.2, 0) is 3.79 Å². The molecule has 0 bridgehead atoms. The topological polar surface area (TPSA) is 52.3 Å². The summed E-state index contributed by atoms with van der Waals surface area (Å²) in [6.07, 6.45) is 1.34. The second-order valence-electron chi connectivity index (χ2n) is 3.38. The number of hydrogen-bond acceptors (Lipinski definition) is 4. The second kappa shape index (κ2) is 5.59. The van der Waals surface area contributed by atoms with Gasteiger partial charge in [0.05, 0.1) is 6.26 Å². The molecule has 2 aromatic rings. The number of pyridine rings is 1. The molecule has 4 nitrogen and oxygen atoms in total. The Morgan fingerprint density at radius 3 is 2.63 bits per heavy atom. The summed E-state index contributed by atoms with van der Waals surface area (Å²) in [6, 6.07) is 5.66. The molecular formula is C11H5Cl4NO3. The molecule has 8 heteroatoms. The first-order valence-electron chi connectivity index (χ1n) is 4.87. The molecule has 0 aliphatic carbocycles. The van der Waals surface area contributed by atoms with Crippen molar-refractivity contribution in [2.75, 3.05) is 0 Å². The minimum Gasteiger partial charge on any atom is -0.457 e. The number of nitrogens with zero attached hydrogens (tertiary/aromatic N) is 1. The summed E-state index contributed by atoms with van der Waals surface area (Å²) >= 11 is 22.9. The fourth-order valence-corrected chi connectivity index (χ4v) is 1.76. The van der Waals surface area contributed by atoms with Gasteiger partial charge in [0.15, 0.2) is 0 Å². The van der Waals surface area contributed by atoms with Gasteiger partial charge in [-0.2, -0.15) is 0 Å². The predicted octanol–water partition coefficient (Wildman–Crippen LogP) is 4.37. The van der Waals surface area contributed by atoms with E-state index in [4.69, 9.17) is 55.6 Å². The van der Waals surface area contributed by atoms with Crippen molar-refractivity contribution in [1.29, 1.82) is 0 Å². The van der Waals surface area contributed by atoms with Gasteiger partial charge in [-0.25, -0.2) is 9.78 Å². The Hall–Kier alpha value is -0.940. The third kappa shape index (κ3) is 3.76. The van der Waals surface area contributed by atoms with E-state index in [2.05, 4.69) is 4.98 Å². The van der Waals surface area contributed by atoms with Gasteiger partial charge in [-0.3, -0.25) is 0 Å². The monoisotopic (exact) mass is 339 g/mol. The van der Waals surface area contributed by atoms with Crippen LogP contribution in [0.15, 0.2) is 34.9 Å². The Kier molecular flexibility index (Phi) is 4.26. The van der Waals surface area contributed by atoms with E-state index in [9.17, 15) is 4.79 Å². The molecule has 0 saturated carbocycles. The minimum atomic E-state index is -1.70. The van der Waals surface area contributed by atoms with Crippen LogP contribution in [0.3, 0.4) is 0 Å². The van der Waals surface area contributed by atoms with E-state index in [-0.39, 0.29) is 22.4 Å². The maximum atomic E-state index is 11.6. The highest BCUT2D eigenvalue weighted by molar-refractivity contribution is 6.66. The Labute approximate surface area is 128 Å². The summed E-state index contributed by atoms with van der Waals surface area (Å²) in [5, 5.41) is 0.0334. The maximum Gasteiger partial charge on any atom is 0.380 e. The summed E-state index contributed by atoms with van der Waals surface area (Å²) < 4.78 is 8.16. The van der Waals surface area contributed by atoms with E-state index >= 15 is 0 Å². The number of halogens is 4. The Balaban J connectivity index is 2.26. The van der Waals surface area contributed by atoms with Gasteiger partial charge >= 0.3 is 5.97 Å². The number of carbonyl (C=O) groups is 1. The largest absolute Gasteiger partial charge is 0.457 e. The first-order chi connectivity index (χ1) is 8.86. The lowest BCUT2D eigenvalue weighted by Gasteiger charge is -2.12. The van der Waals surface area contributed by atoms with Gasteiger partial charge in [0.2, 0.25) is 15.4 Å². The average Bonchev–Trinajstić information content (AvgIpc) is 2.80. The Morgan fingerprint density at radius 1 is 1.32 bits per heavy atom. The third-order valence-corrected chi connectivity index (χ3v) is 2.87. The molecule has 0 aromatic carbocycles. The lowest BCUT2D eigenvalue weighted by molar-refractivity contribution is 0.0694. The van der Waals surface area contributed by atoms with Gasteiger partial charge < -0.3 is 9.15 Å². The number of aromatic nitrogens is 1. The first kappa shape index (κ1) is 14.5. The number of esters is 1. The summed E-state index contributed by atoms with van der Waals surface area (Å²) in [4.78, 5) is 15.5. The van der Waals surface area contributed by atoms with E-state index in [1.54, 1.807) is 6.07 Å². The number of ether oxygens (including phenoxy) is 1. The van der Waals surface area contributed by atoms with Gasteiger partial charge in [0, 0.05) is 11.6 Å². The highest BCUT2D eigenvalue weighted by Crippen LogP contribution is 2.40.